The van der Waals surface area contributed by atoms with Gasteiger partial charge in [0.05, 0.1) is 13.1 Å². The minimum atomic E-state index is -0.427. The molecule has 1 aliphatic rings. The Hall–Kier alpha value is -2.24. The first-order valence-corrected chi connectivity index (χ1v) is 6.35. The fourth-order valence-corrected chi connectivity index (χ4v) is 2.04. The minimum absolute atomic E-state index is 0.00598. The maximum absolute atomic E-state index is 12.8. The van der Waals surface area contributed by atoms with Crippen molar-refractivity contribution in [2.45, 2.75) is 6.92 Å². The molecule has 0 radical (unpaired) electrons. The summed E-state index contributed by atoms with van der Waals surface area (Å²) in [4.78, 5) is 38.2. The van der Waals surface area contributed by atoms with Crippen LogP contribution in [0.25, 0.3) is 0 Å². The molecule has 5 nitrogen and oxygen atoms in total. The van der Waals surface area contributed by atoms with Crippen molar-refractivity contribution in [2.24, 2.45) is 0 Å². The van der Waals surface area contributed by atoms with Crippen LogP contribution in [0.5, 0.6) is 0 Å². The van der Waals surface area contributed by atoms with Gasteiger partial charge in [-0.05, 0) is 31.2 Å². The molecule has 0 aromatic heterocycles. The van der Waals surface area contributed by atoms with Crippen molar-refractivity contribution in [1.82, 2.24) is 9.80 Å². The largest absolute Gasteiger partial charge is 0.332 e. The SMILES string of the molecule is CCN1CC(=O)N(CC(=O)c2ccc(F)cc2)CC1=O. The molecule has 2 amide bonds. The van der Waals surface area contributed by atoms with Crippen LogP contribution in [0.2, 0.25) is 0 Å². The summed E-state index contributed by atoms with van der Waals surface area (Å²) < 4.78 is 12.8. The number of carbonyl (C=O) groups excluding carboxylic acids is 3. The van der Waals surface area contributed by atoms with E-state index in [-0.39, 0.29) is 37.2 Å². The Morgan fingerprint density at radius 1 is 1.10 bits per heavy atom. The van der Waals surface area contributed by atoms with E-state index in [4.69, 9.17) is 0 Å². The lowest BCUT2D eigenvalue weighted by Gasteiger charge is -2.32. The Kier molecular flexibility index (Phi) is 4.12. The van der Waals surface area contributed by atoms with Crippen molar-refractivity contribution in [1.29, 1.82) is 0 Å². The highest BCUT2D eigenvalue weighted by atomic mass is 19.1. The van der Waals surface area contributed by atoms with E-state index in [9.17, 15) is 18.8 Å². The van der Waals surface area contributed by atoms with Crippen LogP contribution < -0.4 is 0 Å². The van der Waals surface area contributed by atoms with E-state index in [1.807, 2.05) is 0 Å². The van der Waals surface area contributed by atoms with E-state index in [1.54, 1.807) is 6.92 Å². The van der Waals surface area contributed by atoms with E-state index < -0.39 is 5.82 Å². The molecule has 1 aromatic rings. The summed E-state index contributed by atoms with van der Waals surface area (Å²) in [5.41, 5.74) is 0.324. The van der Waals surface area contributed by atoms with Crippen LogP contribution in [0, 0.1) is 5.82 Å². The fourth-order valence-electron chi connectivity index (χ4n) is 2.04. The molecule has 106 valence electrons. The number of ketones is 1. The van der Waals surface area contributed by atoms with Crippen molar-refractivity contribution < 1.29 is 18.8 Å². The highest BCUT2D eigenvalue weighted by Crippen LogP contribution is 2.08. The second-order valence-corrected chi connectivity index (χ2v) is 4.59. The molecule has 0 bridgehead atoms. The van der Waals surface area contributed by atoms with Crippen LogP contribution in [0.15, 0.2) is 24.3 Å². The molecule has 1 saturated heterocycles. The first-order chi connectivity index (χ1) is 9.51. The monoisotopic (exact) mass is 278 g/mol. The molecule has 1 aliphatic heterocycles. The van der Waals surface area contributed by atoms with Gasteiger partial charge < -0.3 is 9.80 Å². The van der Waals surface area contributed by atoms with Crippen LogP contribution in [0.1, 0.15) is 17.3 Å². The van der Waals surface area contributed by atoms with Gasteiger partial charge in [-0.1, -0.05) is 0 Å². The van der Waals surface area contributed by atoms with E-state index in [2.05, 4.69) is 0 Å². The van der Waals surface area contributed by atoms with E-state index in [0.29, 0.717) is 12.1 Å². The number of piperazine rings is 1. The highest BCUT2D eigenvalue weighted by Gasteiger charge is 2.30. The Morgan fingerprint density at radius 3 is 2.25 bits per heavy atom. The van der Waals surface area contributed by atoms with Gasteiger partial charge in [0.25, 0.3) is 0 Å². The number of hydrogen-bond acceptors (Lipinski definition) is 3. The average Bonchev–Trinajstić information content (AvgIpc) is 2.43. The summed E-state index contributed by atoms with van der Waals surface area (Å²) in [5.74, 6) is -1.15. The minimum Gasteiger partial charge on any atom is -0.332 e. The maximum atomic E-state index is 12.8. The van der Waals surface area contributed by atoms with Gasteiger partial charge in [-0.3, -0.25) is 14.4 Å². The van der Waals surface area contributed by atoms with E-state index in [1.165, 1.54) is 34.1 Å². The van der Waals surface area contributed by atoms with Gasteiger partial charge >= 0.3 is 0 Å². The molecule has 0 spiro atoms. The molecular weight excluding hydrogens is 263 g/mol. The number of nitrogens with zero attached hydrogens (tertiary/aromatic N) is 2. The normalized spacial score (nSPS) is 15.7. The zero-order valence-corrected chi connectivity index (χ0v) is 11.1. The fraction of sp³-hybridized carbons (Fsp3) is 0.357. The summed E-state index contributed by atoms with van der Waals surface area (Å²) in [6.07, 6.45) is 0. The van der Waals surface area contributed by atoms with Gasteiger partial charge in [0.1, 0.15) is 12.4 Å². The molecule has 2 rings (SSSR count). The predicted molar refractivity (Wildman–Crippen MR) is 69.6 cm³/mol. The number of rotatable bonds is 4. The summed E-state index contributed by atoms with van der Waals surface area (Å²) >= 11 is 0. The number of halogens is 1. The highest BCUT2D eigenvalue weighted by molar-refractivity contribution is 6.01. The van der Waals surface area contributed by atoms with Crippen LogP contribution in [-0.4, -0.2) is 53.6 Å². The Labute approximate surface area is 116 Å². The van der Waals surface area contributed by atoms with Crippen LogP contribution in [-0.2, 0) is 9.59 Å². The first-order valence-electron chi connectivity index (χ1n) is 6.35. The summed E-state index contributed by atoms with van der Waals surface area (Å²) in [6, 6.07) is 5.11. The zero-order chi connectivity index (χ0) is 14.7. The van der Waals surface area contributed by atoms with Crippen molar-refractivity contribution in [3.63, 3.8) is 0 Å². The van der Waals surface area contributed by atoms with Crippen molar-refractivity contribution in [2.75, 3.05) is 26.2 Å². The number of Topliss-reactive ketones (excluding diaryl/α,β-unsaturated/α-hetero) is 1. The van der Waals surface area contributed by atoms with Gasteiger partial charge in [0, 0.05) is 12.1 Å². The second kappa shape index (κ2) is 5.81. The lowest BCUT2D eigenvalue weighted by Crippen LogP contribution is -2.54. The Bertz CT molecular complexity index is 542. The third-order valence-corrected chi connectivity index (χ3v) is 3.24. The molecule has 20 heavy (non-hydrogen) atoms. The average molecular weight is 278 g/mol. The Morgan fingerprint density at radius 2 is 1.65 bits per heavy atom. The van der Waals surface area contributed by atoms with Gasteiger partial charge in [-0.2, -0.15) is 0 Å². The smallest absolute Gasteiger partial charge is 0.243 e. The predicted octanol–water partition coefficient (Wildman–Crippen LogP) is 0.699. The molecule has 0 N–H and O–H groups in total. The van der Waals surface area contributed by atoms with Gasteiger partial charge in [0.2, 0.25) is 11.8 Å². The zero-order valence-electron chi connectivity index (χ0n) is 11.1. The van der Waals surface area contributed by atoms with Crippen molar-refractivity contribution in [3.8, 4) is 0 Å². The summed E-state index contributed by atoms with van der Waals surface area (Å²) in [5, 5.41) is 0. The topological polar surface area (TPSA) is 57.7 Å². The molecule has 0 unspecified atom stereocenters. The lowest BCUT2D eigenvalue weighted by atomic mass is 10.1. The van der Waals surface area contributed by atoms with E-state index >= 15 is 0 Å². The number of hydrogen-bond donors (Lipinski definition) is 0. The first kappa shape index (κ1) is 14.2. The lowest BCUT2D eigenvalue weighted by molar-refractivity contribution is -0.149. The van der Waals surface area contributed by atoms with Crippen molar-refractivity contribution in [3.05, 3.63) is 35.6 Å². The molecule has 1 aromatic carbocycles. The number of likely N-dealkylation sites (N-methyl/N-ethyl adjacent to an activating group) is 1. The molecule has 6 heteroatoms. The van der Waals surface area contributed by atoms with Crippen molar-refractivity contribution >= 4 is 17.6 Å². The van der Waals surface area contributed by atoms with Crippen LogP contribution >= 0.6 is 0 Å². The summed E-state index contributed by atoms with van der Waals surface area (Å²) in [7, 11) is 0. The Balaban J connectivity index is 2.03. The number of carbonyl (C=O) groups is 3. The molecular formula is C14H15FN2O3. The molecule has 0 aliphatic carbocycles. The maximum Gasteiger partial charge on any atom is 0.243 e. The standard InChI is InChI=1S/C14H15FN2O3/c1-2-16-8-14(20)17(9-13(16)19)7-12(18)10-3-5-11(15)6-4-10/h3-6H,2,7-9H2,1H3. The molecule has 0 saturated carbocycles. The van der Waals surface area contributed by atoms with Gasteiger partial charge in [-0.25, -0.2) is 4.39 Å². The molecule has 0 atom stereocenters. The quantitative estimate of drug-likeness (QED) is 0.762. The van der Waals surface area contributed by atoms with E-state index in [0.717, 1.165) is 0 Å². The van der Waals surface area contributed by atoms with Gasteiger partial charge in [-0.15, -0.1) is 0 Å². The van der Waals surface area contributed by atoms with Crippen LogP contribution in [0.3, 0.4) is 0 Å². The summed E-state index contributed by atoms with van der Waals surface area (Å²) in [6.45, 7) is 2.04. The number of amides is 2. The molecule has 1 heterocycles. The molecule has 1 fully saturated rings. The third-order valence-electron chi connectivity index (χ3n) is 3.24. The number of benzene rings is 1. The third kappa shape index (κ3) is 3.01. The second-order valence-electron chi connectivity index (χ2n) is 4.59. The van der Waals surface area contributed by atoms with Crippen LogP contribution in [0.4, 0.5) is 4.39 Å². The van der Waals surface area contributed by atoms with Gasteiger partial charge in [0.15, 0.2) is 5.78 Å².